The van der Waals surface area contributed by atoms with Crippen molar-refractivity contribution in [2.24, 2.45) is 0 Å². The number of nitrogens with zero attached hydrogens (tertiary/aromatic N) is 1. The Hall–Kier alpha value is -2.82. The van der Waals surface area contributed by atoms with Crippen LogP contribution in [-0.4, -0.2) is 50.5 Å². The first kappa shape index (κ1) is 22.9. The number of ether oxygens (including phenoxy) is 1. The Kier molecular flexibility index (Phi) is 7.37. The van der Waals surface area contributed by atoms with E-state index in [4.69, 9.17) is 4.74 Å². The molecule has 0 aliphatic carbocycles. The fourth-order valence-electron chi connectivity index (χ4n) is 3.17. The second-order valence-corrected chi connectivity index (χ2v) is 8.96. The first-order valence-corrected chi connectivity index (χ1v) is 11.2. The summed E-state index contributed by atoms with van der Waals surface area (Å²) in [7, 11) is -3.96. The zero-order valence-corrected chi connectivity index (χ0v) is 17.8. The highest BCUT2D eigenvalue weighted by Gasteiger charge is 2.35. The van der Waals surface area contributed by atoms with Gasteiger partial charge in [0.05, 0.1) is 18.0 Å². The van der Waals surface area contributed by atoms with Crippen molar-refractivity contribution in [1.29, 1.82) is 0 Å². The molecule has 2 amide bonds. The van der Waals surface area contributed by atoms with E-state index in [1.54, 1.807) is 0 Å². The molecule has 0 bridgehead atoms. The number of hydrogen-bond acceptors (Lipinski definition) is 5. The van der Waals surface area contributed by atoms with Gasteiger partial charge in [-0.05, 0) is 48.7 Å². The third kappa shape index (κ3) is 5.66. The van der Waals surface area contributed by atoms with Crippen molar-refractivity contribution in [2.75, 3.05) is 19.7 Å². The van der Waals surface area contributed by atoms with E-state index in [1.807, 2.05) is 31.2 Å². The molecule has 31 heavy (non-hydrogen) atoms. The van der Waals surface area contributed by atoms with Crippen molar-refractivity contribution < 1.29 is 27.1 Å². The molecule has 1 heterocycles. The third-order valence-electron chi connectivity index (χ3n) is 4.92. The first-order chi connectivity index (χ1) is 14.8. The van der Waals surface area contributed by atoms with Crippen LogP contribution in [0.25, 0.3) is 0 Å². The summed E-state index contributed by atoms with van der Waals surface area (Å²) >= 11 is 0. The molecule has 1 saturated heterocycles. The number of sulfonamides is 1. The van der Waals surface area contributed by atoms with Crippen LogP contribution in [-0.2, 0) is 30.9 Å². The van der Waals surface area contributed by atoms with Gasteiger partial charge < -0.3 is 15.4 Å². The van der Waals surface area contributed by atoms with Crippen LogP contribution in [0.2, 0.25) is 0 Å². The van der Waals surface area contributed by atoms with Gasteiger partial charge in [0, 0.05) is 13.1 Å². The third-order valence-corrected chi connectivity index (χ3v) is 6.82. The molecule has 10 heteroatoms. The summed E-state index contributed by atoms with van der Waals surface area (Å²) in [5, 5.41) is 4.96. The fourth-order valence-corrected chi connectivity index (χ4v) is 4.73. The van der Waals surface area contributed by atoms with E-state index in [1.165, 1.54) is 12.1 Å². The Morgan fingerprint density at radius 3 is 2.48 bits per heavy atom. The predicted molar refractivity (Wildman–Crippen MR) is 111 cm³/mol. The van der Waals surface area contributed by atoms with Crippen LogP contribution in [0.4, 0.5) is 4.39 Å². The van der Waals surface area contributed by atoms with Crippen molar-refractivity contribution >= 4 is 21.8 Å². The van der Waals surface area contributed by atoms with Crippen molar-refractivity contribution in [3.8, 4) is 0 Å². The van der Waals surface area contributed by atoms with E-state index in [9.17, 15) is 22.4 Å². The molecule has 0 radical (unpaired) electrons. The van der Waals surface area contributed by atoms with Gasteiger partial charge in [-0.15, -0.1) is 0 Å². The highest BCUT2D eigenvalue weighted by atomic mass is 32.2. The average molecular weight is 450 g/mol. The number of halogens is 1. The second-order valence-electron chi connectivity index (χ2n) is 7.07. The molecule has 8 nitrogen and oxygen atoms in total. The lowest BCUT2D eigenvalue weighted by Gasteiger charge is -2.34. The van der Waals surface area contributed by atoms with Crippen LogP contribution < -0.4 is 10.6 Å². The van der Waals surface area contributed by atoms with Crippen LogP contribution in [0.1, 0.15) is 17.5 Å². The summed E-state index contributed by atoms with van der Waals surface area (Å²) in [5.41, 5.74) is 1.87. The SMILES string of the molecule is Cc1ccccc1CNC(=O)C(=O)NC[C@@H]1OCCCN1S(=O)(=O)c1ccc(F)cc1. The van der Waals surface area contributed by atoms with E-state index < -0.39 is 33.9 Å². The maximum absolute atomic E-state index is 13.2. The van der Waals surface area contributed by atoms with Gasteiger partial charge in [-0.2, -0.15) is 4.31 Å². The molecule has 2 aromatic carbocycles. The van der Waals surface area contributed by atoms with E-state index in [0.29, 0.717) is 13.0 Å². The number of rotatable bonds is 6. The van der Waals surface area contributed by atoms with Crippen molar-refractivity contribution in [1.82, 2.24) is 14.9 Å². The van der Waals surface area contributed by atoms with Crippen LogP contribution >= 0.6 is 0 Å². The van der Waals surface area contributed by atoms with E-state index in [-0.39, 0.29) is 24.5 Å². The molecule has 1 aliphatic heterocycles. The van der Waals surface area contributed by atoms with Crippen molar-refractivity contribution in [3.63, 3.8) is 0 Å². The predicted octanol–water partition coefficient (Wildman–Crippen LogP) is 1.30. The monoisotopic (exact) mass is 449 g/mol. The molecule has 0 spiro atoms. The standard InChI is InChI=1S/C21H24FN3O5S/c1-15-5-2-3-6-16(15)13-23-20(26)21(27)24-14-19-25(11-4-12-30-19)31(28,29)18-9-7-17(22)8-10-18/h2-3,5-10,19H,4,11-14H2,1H3,(H,23,26)(H,24,27)/t19-/m0/s1. The number of carbonyl (C=O) groups is 2. The van der Waals surface area contributed by atoms with Gasteiger partial charge in [0.1, 0.15) is 12.0 Å². The van der Waals surface area contributed by atoms with Gasteiger partial charge in [0.25, 0.3) is 0 Å². The minimum absolute atomic E-state index is 0.0771. The van der Waals surface area contributed by atoms with Gasteiger partial charge >= 0.3 is 11.8 Å². The molecule has 2 N–H and O–H groups in total. The normalized spacial score (nSPS) is 17.2. The van der Waals surface area contributed by atoms with Crippen LogP contribution in [0.15, 0.2) is 53.4 Å². The van der Waals surface area contributed by atoms with Gasteiger partial charge in [-0.1, -0.05) is 24.3 Å². The Bertz CT molecular complexity index is 1040. The average Bonchev–Trinajstić information content (AvgIpc) is 2.77. The van der Waals surface area contributed by atoms with Gasteiger partial charge in [0.15, 0.2) is 0 Å². The first-order valence-electron chi connectivity index (χ1n) is 9.78. The summed E-state index contributed by atoms with van der Waals surface area (Å²) in [6, 6.07) is 11.9. The topological polar surface area (TPSA) is 105 Å². The molecule has 0 unspecified atom stereocenters. The maximum Gasteiger partial charge on any atom is 0.309 e. The second kappa shape index (κ2) is 9.99. The van der Waals surface area contributed by atoms with Crippen LogP contribution in [0.5, 0.6) is 0 Å². The highest BCUT2D eigenvalue weighted by Crippen LogP contribution is 2.22. The molecule has 0 aromatic heterocycles. The lowest BCUT2D eigenvalue weighted by atomic mass is 10.1. The Labute approximate surface area is 180 Å². The summed E-state index contributed by atoms with van der Waals surface area (Å²) < 4.78 is 45.6. The largest absolute Gasteiger partial charge is 0.360 e. The number of benzene rings is 2. The quantitative estimate of drug-likeness (QED) is 0.647. The molecule has 166 valence electrons. The van der Waals surface area contributed by atoms with Crippen molar-refractivity contribution in [3.05, 3.63) is 65.5 Å². The Morgan fingerprint density at radius 2 is 1.77 bits per heavy atom. The fraction of sp³-hybridized carbons (Fsp3) is 0.333. The molecule has 1 atom stereocenters. The molecular formula is C21H24FN3O5S. The number of amides is 2. The van der Waals surface area contributed by atoms with Crippen molar-refractivity contribution in [2.45, 2.75) is 31.0 Å². The van der Waals surface area contributed by atoms with Gasteiger partial charge in [-0.3, -0.25) is 9.59 Å². The minimum Gasteiger partial charge on any atom is -0.360 e. The number of nitrogens with one attached hydrogen (secondary N) is 2. The zero-order chi connectivity index (χ0) is 22.4. The van der Waals surface area contributed by atoms with E-state index >= 15 is 0 Å². The van der Waals surface area contributed by atoms with Crippen LogP contribution in [0.3, 0.4) is 0 Å². The van der Waals surface area contributed by atoms with Gasteiger partial charge in [0.2, 0.25) is 10.0 Å². The molecule has 1 fully saturated rings. The number of carbonyl (C=O) groups excluding carboxylic acids is 2. The maximum atomic E-state index is 13.2. The molecule has 3 rings (SSSR count). The Balaban J connectivity index is 1.59. The number of hydrogen-bond donors (Lipinski definition) is 2. The molecule has 0 saturated carbocycles. The smallest absolute Gasteiger partial charge is 0.309 e. The van der Waals surface area contributed by atoms with Gasteiger partial charge in [-0.25, -0.2) is 12.8 Å². The summed E-state index contributed by atoms with van der Waals surface area (Å²) in [6.07, 6.45) is -0.501. The van der Waals surface area contributed by atoms with E-state index in [0.717, 1.165) is 27.6 Å². The number of aryl methyl sites for hydroxylation is 1. The molecule has 2 aromatic rings. The Morgan fingerprint density at radius 1 is 1.10 bits per heavy atom. The lowest BCUT2D eigenvalue weighted by Crippen LogP contribution is -2.53. The molecule has 1 aliphatic rings. The lowest BCUT2D eigenvalue weighted by molar-refractivity contribution is -0.140. The zero-order valence-electron chi connectivity index (χ0n) is 17.0. The summed E-state index contributed by atoms with van der Waals surface area (Å²) in [6.45, 7) is 2.40. The van der Waals surface area contributed by atoms with Crippen LogP contribution in [0, 0.1) is 12.7 Å². The molecular weight excluding hydrogens is 425 g/mol. The minimum atomic E-state index is -3.96. The highest BCUT2D eigenvalue weighted by molar-refractivity contribution is 7.89. The summed E-state index contributed by atoms with van der Waals surface area (Å²) in [4.78, 5) is 24.2. The summed E-state index contributed by atoms with van der Waals surface area (Å²) in [5.74, 6) is -2.26. The van der Waals surface area contributed by atoms with E-state index in [2.05, 4.69) is 10.6 Å².